The molecule has 19 heavy (non-hydrogen) atoms. The molecule has 3 N–H and O–H groups in total. The molecule has 0 fully saturated rings. The second kappa shape index (κ2) is 7.04. The lowest BCUT2D eigenvalue weighted by atomic mass is 10.1. The molecule has 1 rings (SSSR count). The smallest absolute Gasteiger partial charge is 0.254 e. The van der Waals surface area contributed by atoms with Gasteiger partial charge in [0.25, 0.3) is 5.56 Å². The lowest BCUT2D eigenvalue weighted by Crippen LogP contribution is -2.37. The molecule has 0 bridgehead atoms. The van der Waals surface area contributed by atoms with Gasteiger partial charge in [0.15, 0.2) is 0 Å². The first kappa shape index (κ1) is 15.4. The van der Waals surface area contributed by atoms with Gasteiger partial charge in [0, 0.05) is 17.7 Å². The zero-order valence-corrected chi connectivity index (χ0v) is 11.6. The molecule has 6 nitrogen and oxygen atoms in total. The number of carbonyl (C=O) groups is 1. The minimum absolute atomic E-state index is 0.0755. The molecule has 1 aromatic rings. The number of nitrogens with one attached hydrogen (secondary N) is 2. The zero-order chi connectivity index (χ0) is 14.4. The Morgan fingerprint density at radius 1 is 1.47 bits per heavy atom. The average Bonchev–Trinajstić information content (AvgIpc) is 2.34. The average molecular weight is 267 g/mol. The molecule has 6 heteroatoms. The molecule has 1 heterocycles. The summed E-state index contributed by atoms with van der Waals surface area (Å²) >= 11 is 0. The van der Waals surface area contributed by atoms with E-state index in [0.29, 0.717) is 29.9 Å². The Bertz CT molecular complexity index is 492. The number of aliphatic hydroxyl groups is 1. The van der Waals surface area contributed by atoms with Gasteiger partial charge < -0.3 is 15.4 Å². The Morgan fingerprint density at radius 3 is 2.68 bits per heavy atom. The van der Waals surface area contributed by atoms with Crippen LogP contribution in [0.5, 0.6) is 0 Å². The van der Waals surface area contributed by atoms with Crippen molar-refractivity contribution in [1.82, 2.24) is 15.3 Å². The predicted octanol–water partition coefficient (Wildman–Crippen LogP) is 0.206. The van der Waals surface area contributed by atoms with Crippen molar-refractivity contribution in [3.8, 4) is 0 Å². The first-order chi connectivity index (χ1) is 8.97. The first-order valence-corrected chi connectivity index (χ1v) is 6.44. The number of rotatable bonds is 6. The van der Waals surface area contributed by atoms with Gasteiger partial charge in [-0.15, -0.1) is 0 Å². The minimum atomic E-state index is -0.219. The molecule has 0 aromatic carbocycles. The van der Waals surface area contributed by atoms with Crippen LogP contribution in [0.3, 0.4) is 0 Å². The molecule has 0 saturated carbocycles. The van der Waals surface area contributed by atoms with Gasteiger partial charge in [0.05, 0.1) is 12.6 Å². The molecule has 0 aliphatic rings. The van der Waals surface area contributed by atoms with E-state index in [1.807, 2.05) is 6.92 Å². The van der Waals surface area contributed by atoms with Crippen LogP contribution in [0.15, 0.2) is 4.79 Å². The van der Waals surface area contributed by atoms with Crippen molar-refractivity contribution in [3.63, 3.8) is 0 Å². The van der Waals surface area contributed by atoms with Gasteiger partial charge in [-0.25, -0.2) is 4.98 Å². The van der Waals surface area contributed by atoms with E-state index in [0.717, 1.165) is 0 Å². The number of aryl methyl sites for hydroxylation is 2. The molecule has 1 atom stereocenters. The van der Waals surface area contributed by atoms with E-state index in [4.69, 9.17) is 5.11 Å². The highest BCUT2D eigenvalue weighted by atomic mass is 16.3. The van der Waals surface area contributed by atoms with Crippen molar-refractivity contribution >= 4 is 5.91 Å². The highest BCUT2D eigenvalue weighted by molar-refractivity contribution is 5.76. The Kier molecular flexibility index (Phi) is 5.69. The number of hydrogen-bond acceptors (Lipinski definition) is 4. The normalized spacial score (nSPS) is 12.2. The molecule has 1 amide bonds. The highest BCUT2D eigenvalue weighted by Crippen LogP contribution is 2.03. The third-order valence-corrected chi connectivity index (χ3v) is 3.02. The number of hydrogen-bond donors (Lipinski definition) is 3. The van der Waals surface area contributed by atoms with E-state index >= 15 is 0 Å². The highest BCUT2D eigenvalue weighted by Gasteiger charge is 2.12. The molecule has 0 spiro atoms. The summed E-state index contributed by atoms with van der Waals surface area (Å²) in [6.07, 6.45) is 1.24. The number of amides is 1. The van der Waals surface area contributed by atoms with Crippen molar-refractivity contribution in [2.75, 3.05) is 6.61 Å². The van der Waals surface area contributed by atoms with Crippen LogP contribution in [0.4, 0.5) is 0 Å². The molecular weight excluding hydrogens is 246 g/mol. The topological polar surface area (TPSA) is 95.1 Å². The summed E-state index contributed by atoms with van der Waals surface area (Å²) < 4.78 is 0. The van der Waals surface area contributed by atoms with Crippen LogP contribution in [0, 0.1) is 13.8 Å². The van der Waals surface area contributed by atoms with Crippen molar-refractivity contribution < 1.29 is 9.90 Å². The van der Waals surface area contributed by atoms with E-state index in [1.54, 1.807) is 13.8 Å². The summed E-state index contributed by atoms with van der Waals surface area (Å²) in [6, 6.07) is -0.219. The lowest BCUT2D eigenvalue weighted by Gasteiger charge is -2.13. The van der Waals surface area contributed by atoms with Crippen LogP contribution >= 0.6 is 0 Å². The number of aliphatic hydroxyl groups excluding tert-OH is 1. The minimum Gasteiger partial charge on any atom is -0.394 e. The molecule has 106 valence electrons. The van der Waals surface area contributed by atoms with Gasteiger partial charge in [-0.3, -0.25) is 9.59 Å². The predicted molar refractivity (Wildman–Crippen MR) is 72.0 cm³/mol. The number of aromatic nitrogens is 2. The molecule has 0 aliphatic heterocycles. The van der Waals surface area contributed by atoms with E-state index in [-0.39, 0.29) is 30.5 Å². The summed E-state index contributed by atoms with van der Waals surface area (Å²) in [5.41, 5.74) is 1.01. The fourth-order valence-electron chi connectivity index (χ4n) is 1.86. The van der Waals surface area contributed by atoms with Crippen LogP contribution in [-0.2, 0) is 11.2 Å². The van der Waals surface area contributed by atoms with E-state index in [1.165, 1.54) is 0 Å². The largest absolute Gasteiger partial charge is 0.394 e. The third-order valence-electron chi connectivity index (χ3n) is 3.02. The maximum Gasteiger partial charge on any atom is 0.254 e. The van der Waals surface area contributed by atoms with Gasteiger partial charge in [-0.1, -0.05) is 6.92 Å². The second-order valence-electron chi connectivity index (χ2n) is 4.57. The van der Waals surface area contributed by atoms with Gasteiger partial charge in [-0.05, 0) is 26.7 Å². The van der Waals surface area contributed by atoms with Crippen molar-refractivity contribution in [1.29, 1.82) is 0 Å². The maximum atomic E-state index is 11.7. The second-order valence-corrected chi connectivity index (χ2v) is 4.57. The molecular formula is C13H21N3O3. The third kappa shape index (κ3) is 4.48. The van der Waals surface area contributed by atoms with E-state index in [2.05, 4.69) is 15.3 Å². The molecule has 0 radical (unpaired) electrons. The fraction of sp³-hybridized carbons (Fsp3) is 0.615. The molecule has 0 aliphatic carbocycles. The van der Waals surface area contributed by atoms with Crippen molar-refractivity contribution in [2.24, 2.45) is 0 Å². The monoisotopic (exact) mass is 267 g/mol. The van der Waals surface area contributed by atoms with Crippen LogP contribution < -0.4 is 10.9 Å². The summed E-state index contributed by atoms with van der Waals surface area (Å²) in [4.78, 5) is 30.2. The number of nitrogens with zero attached hydrogens (tertiary/aromatic N) is 1. The van der Waals surface area contributed by atoms with Gasteiger partial charge >= 0.3 is 0 Å². The summed E-state index contributed by atoms with van der Waals surface area (Å²) in [5.74, 6) is 0.405. The standard InChI is InChI=1S/C13H21N3O3/c1-4-10(7-17)16-12(18)6-5-11-8(2)14-9(3)15-13(11)19/h10,17H,4-7H2,1-3H3,(H,16,18)(H,14,15,19)/t10-/m0/s1. The Hall–Kier alpha value is -1.69. The van der Waals surface area contributed by atoms with Crippen LogP contribution in [0.2, 0.25) is 0 Å². The SMILES string of the molecule is CC[C@@H](CO)NC(=O)CCc1c(C)nc(C)[nH]c1=O. The number of H-pyrrole nitrogens is 1. The van der Waals surface area contributed by atoms with Crippen LogP contribution in [0.25, 0.3) is 0 Å². The van der Waals surface area contributed by atoms with Gasteiger partial charge in [-0.2, -0.15) is 0 Å². The summed E-state index contributed by atoms with van der Waals surface area (Å²) in [5, 5.41) is 11.7. The van der Waals surface area contributed by atoms with E-state index in [9.17, 15) is 9.59 Å². The Balaban J connectivity index is 2.63. The maximum absolute atomic E-state index is 11.7. The quantitative estimate of drug-likeness (QED) is 0.686. The lowest BCUT2D eigenvalue weighted by molar-refractivity contribution is -0.122. The van der Waals surface area contributed by atoms with Crippen molar-refractivity contribution in [3.05, 3.63) is 27.4 Å². The summed E-state index contributed by atoms with van der Waals surface area (Å²) in [7, 11) is 0. The number of carbonyl (C=O) groups excluding carboxylic acids is 1. The molecule has 0 unspecified atom stereocenters. The van der Waals surface area contributed by atoms with E-state index < -0.39 is 0 Å². The fourth-order valence-corrected chi connectivity index (χ4v) is 1.86. The zero-order valence-electron chi connectivity index (χ0n) is 11.6. The Labute approximate surface area is 112 Å². The van der Waals surface area contributed by atoms with Gasteiger partial charge in [0.2, 0.25) is 5.91 Å². The van der Waals surface area contributed by atoms with Gasteiger partial charge in [0.1, 0.15) is 5.82 Å². The van der Waals surface area contributed by atoms with Crippen molar-refractivity contribution in [2.45, 2.75) is 46.1 Å². The summed E-state index contributed by atoms with van der Waals surface area (Å²) in [6.45, 7) is 5.30. The Morgan fingerprint density at radius 2 is 2.16 bits per heavy atom. The molecule has 1 aromatic heterocycles. The van der Waals surface area contributed by atoms with Crippen LogP contribution in [-0.4, -0.2) is 33.6 Å². The molecule has 0 saturated heterocycles. The van der Waals surface area contributed by atoms with Crippen LogP contribution in [0.1, 0.15) is 36.8 Å². The number of aromatic amines is 1. The first-order valence-electron chi connectivity index (χ1n) is 6.44.